The zero-order valence-electron chi connectivity index (χ0n) is 10.6. The molecule has 3 N–H and O–H groups in total. The van der Waals surface area contributed by atoms with Crippen LogP contribution in [0.2, 0.25) is 0 Å². The summed E-state index contributed by atoms with van der Waals surface area (Å²) in [4.78, 5) is 47.4. The Morgan fingerprint density at radius 3 is 2.40 bits per heavy atom. The predicted octanol–water partition coefficient (Wildman–Crippen LogP) is -0.372. The number of anilines is 2. The average molecular weight is 276 g/mol. The van der Waals surface area contributed by atoms with E-state index in [1.54, 1.807) is 24.3 Å². The average Bonchev–Trinajstić information content (AvgIpc) is 2.59. The molecule has 1 aromatic carbocycles. The molecule has 0 unspecified atom stereocenters. The van der Waals surface area contributed by atoms with Crippen molar-refractivity contribution in [2.24, 2.45) is 0 Å². The Kier molecular flexibility index (Phi) is 3.38. The van der Waals surface area contributed by atoms with Gasteiger partial charge in [-0.2, -0.15) is 0 Å². The quantitative estimate of drug-likeness (QED) is 0.444. The number of carbonyl (C=O) groups is 4. The maximum atomic E-state index is 11.8. The number of imide groups is 2. The van der Waals surface area contributed by atoms with Crippen LogP contribution in [-0.4, -0.2) is 47.1 Å². The van der Waals surface area contributed by atoms with Crippen molar-refractivity contribution in [3.63, 3.8) is 0 Å². The number of hydrogen-bond acceptors (Lipinski definition) is 5. The van der Waals surface area contributed by atoms with Gasteiger partial charge in [0.15, 0.2) is 0 Å². The molecule has 0 bridgehead atoms. The number of amides is 5. The number of nitrogens with one attached hydrogen (secondary N) is 1. The maximum Gasteiger partial charge on any atom is 0.334 e. The molecular formula is C12H12N4O4. The van der Waals surface area contributed by atoms with Crippen molar-refractivity contribution in [2.75, 3.05) is 24.6 Å². The van der Waals surface area contributed by atoms with Crippen LogP contribution in [0.1, 0.15) is 0 Å². The third-order valence-electron chi connectivity index (χ3n) is 2.79. The lowest BCUT2D eigenvalue weighted by molar-refractivity contribution is -0.143. The van der Waals surface area contributed by atoms with Crippen LogP contribution in [0.5, 0.6) is 0 Å². The minimum atomic E-state index is -1.02. The molecule has 0 spiro atoms. The van der Waals surface area contributed by atoms with Gasteiger partial charge in [-0.3, -0.25) is 19.3 Å². The summed E-state index contributed by atoms with van der Waals surface area (Å²) in [6, 6.07) is 5.73. The standard InChI is InChI=1S/C12H12N4O4/c1-15-10(18)11(19)16(12(15)20)6-9(17)14-8-5-3-2-4-7(8)13/h2-5H,6,13H2,1H3,(H,14,17). The number of benzene rings is 1. The zero-order valence-corrected chi connectivity index (χ0v) is 10.6. The highest BCUT2D eigenvalue weighted by Crippen LogP contribution is 2.17. The number of nitrogens with zero attached hydrogens (tertiary/aromatic N) is 2. The highest BCUT2D eigenvalue weighted by Gasteiger charge is 2.42. The molecule has 8 heteroatoms. The first-order valence-electron chi connectivity index (χ1n) is 5.69. The lowest BCUT2D eigenvalue weighted by Crippen LogP contribution is -2.38. The largest absolute Gasteiger partial charge is 0.397 e. The van der Waals surface area contributed by atoms with Gasteiger partial charge >= 0.3 is 17.8 Å². The molecular weight excluding hydrogens is 264 g/mol. The van der Waals surface area contributed by atoms with E-state index in [1.807, 2.05) is 0 Å². The minimum absolute atomic E-state index is 0.355. The van der Waals surface area contributed by atoms with Gasteiger partial charge in [-0.25, -0.2) is 9.69 Å². The lowest BCUT2D eigenvalue weighted by atomic mass is 10.2. The number of carbonyl (C=O) groups excluding carboxylic acids is 4. The van der Waals surface area contributed by atoms with Crippen LogP contribution in [0.4, 0.5) is 16.2 Å². The molecule has 1 saturated heterocycles. The second-order valence-corrected chi connectivity index (χ2v) is 4.17. The highest BCUT2D eigenvalue weighted by molar-refractivity contribution is 6.44. The Hall–Kier alpha value is -2.90. The molecule has 104 valence electrons. The number of hydrogen-bond donors (Lipinski definition) is 2. The SMILES string of the molecule is CN1C(=O)C(=O)N(CC(=O)Nc2ccccc2N)C1=O. The van der Waals surface area contributed by atoms with Crippen molar-refractivity contribution in [1.82, 2.24) is 9.80 Å². The van der Waals surface area contributed by atoms with Gasteiger partial charge in [0.1, 0.15) is 6.54 Å². The molecule has 20 heavy (non-hydrogen) atoms. The van der Waals surface area contributed by atoms with Crippen molar-refractivity contribution in [3.05, 3.63) is 24.3 Å². The number of rotatable bonds is 3. The van der Waals surface area contributed by atoms with E-state index >= 15 is 0 Å². The van der Waals surface area contributed by atoms with Crippen LogP contribution < -0.4 is 11.1 Å². The summed E-state index contributed by atoms with van der Waals surface area (Å²) in [6.45, 7) is -0.540. The summed E-state index contributed by atoms with van der Waals surface area (Å²) < 4.78 is 0. The molecule has 1 aliphatic rings. The minimum Gasteiger partial charge on any atom is -0.397 e. The van der Waals surface area contributed by atoms with Gasteiger partial charge in [0.05, 0.1) is 11.4 Å². The van der Waals surface area contributed by atoms with E-state index in [9.17, 15) is 19.2 Å². The second kappa shape index (κ2) is 5.00. The smallest absolute Gasteiger partial charge is 0.334 e. The monoisotopic (exact) mass is 276 g/mol. The molecule has 0 aromatic heterocycles. The molecule has 0 atom stereocenters. The molecule has 1 aliphatic heterocycles. The Morgan fingerprint density at radius 1 is 1.20 bits per heavy atom. The zero-order chi connectivity index (χ0) is 14.9. The first kappa shape index (κ1) is 13.5. The van der Waals surface area contributed by atoms with Gasteiger partial charge in [0.25, 0.3) is 0 Å². The third kappa shape index (κ3) is 2.30. The van der Waals surface area contributed by atoms with Gasteiger partial charge in [0, 0.05) is 7.05 Å². The number of likely N-dealkylation sites (N-methyl/N-ethyl adjacent to an activating group) is 1. The Bertz CT molecular complexity index is 613. The molecule has 0 radical (unpaired) electrons. The van der Waals surface area contributed by atoms with Crippen molar-refractivity contribution < 1.29 is 19.2 Å². The first-order valence-corrected chi connectivity index (χ1v) is 5.69. The normalized spacial score (nSPS) is 14.9. The maximum absolute atomic E-state index is 11.8. The predicted molar refractivity (Wildman–Crippen MR) is 69.4 cm³/mol. The van der Waals surface area contributed by atoms with Crippen molar-refractivity contribution in [1.29, 1.82) is 0 Å². The Morgan fingerprint density at radius 2 is 1.85 bits per heavy atom. The van der Waals surface area contributed by atoms with Gasteiger partial charge < -0.3 is 11.1 Å². The fourth-order valence-electron chi connectivity index (χ4n) is 1.70. The van der Waals surface area contributed by atoms with Gasteiger partial charge in [-0.15, -0.1) is 0 Å². The van der Waals surface area contributed by atoms with Crippen molar-refractivity contribution in [2.45, 2.75) is 0 Å². The summed E-state index contributed by atoms with van der Waals surface area (Å²) in [7, 11) is 1.18. The van der Waals surface area contributed by atoms with Crippen LogP contribution in [0.25, 0.3) is 0 Å². The Balaban J connectivity index is 2.06. The van der Waals surface area contributed by atoms with Crippen molar-refractivity contribution >= 4 is 35.1 Å². The van der Waals surface area contributed by atoms with E-state index in [0.29, 0.717) is 21.2 Å². The summed E-state index contributed by atoms with van der Waals surface area (Å²) >= 11 is 0. The van der Waals surface area contributed by atoms with E-state index in [-0.39, 0.29) is 0 Å². The van der Waals surface area contributed by atoms with E-state index in [0.717, 1.165) is 0 Å². The van der Waals surface area contributed by atoms with Crippen molar-refractivity contribution in [3.8, 4) is 0 Å². The molecule has 8 nitrogen and oxygen atoms in total. The first-order chi connectivity index (χ1) is 9.41. The topological polar surface area (TPSA) is 113 Å². The third-order valence-corrected chi connectivity index (χ3v) is 2.79. The van der Waals surface area contributed by atoms with Gasteiger partial charge in [0.2, 0.25) is 5.91 Å². The molecule has 1 fully saturated rings. The molecule has 1 heterocycles. The van der Waals surface area contributed by atoms with E-state index in [2.05, 4.69) is 5.32 Å². The number of nitrogen functional groups attached to an aromatic ring is 1. The second-order valence-electron chi connectivity index (χ2n) is 4.17. The summed E-state index contributed by atoms with van der Waals surface area (Å²) in [6.07, 6.45) is 0. The van der Waals surface area contributed by atoms with E-state index < -0.39 is 30.3 Å². The van der Waals surface area contributed by atoms with Gasteiger partial charge in [-0.1, -0.05) is 12.1 Å². The van der Waals surface area contributed by atoms with Crippen LogP contribution in [0.15, 0.2) is 24.3 Å². The van der Waals surface area contributed by atoms with Crippen LogP contribution in [-0.2, 0) is 14.4 Å². The molecule has 5 amide bonds. The molecule has 1 aromatic rings. The fraction of sp³-hybridized carbons (Fsp3) is 0.167. The number of urea groups is 1. The lowest BCUT2D eigenvalue weighted by Gasteiger charge is -2.13. The number of nitrogens with two attached hydrogens (primary N) is 1. The molecule has 0 saturated carbocycles. The van der Waals surface area contributed by atoms with E-state index in [4.69, 9.17) is 5.73 Å². The number of para-hydroxylation sites is 2. The summed E-state index contributed by atoms with van der Waals surface area (Å²) in [5, 5.41) is 2.47. The Labute approximate surface area is 114 Å². The molecule has 2 rings (SSSR count). The molecule has 0 aliphatic carbocycles. The van der Waals surface area contributed by atoms with Crippen LogP contribution >= 0.6 is 0 Å². The van der Waals surface area contributed by atoms with Gasteiger partial charge in [-0.05, 0) is 12.1 Å². The van der Waals surface area contributed by atoms with E-state index in [1.165, 1.54) is 7.05 Å². The fourth-order valence-corrected chi connectivity index (χ4v) is 1.70. The summed E-state index contributed by atoms with van der Waals surface area (Å²) in [5.41, 5.74) is 6.38. The summed E-state index contributed by atoms with van der Waals surface area (Å²) in [5.74, 6) is -2.59. The highest BCUT2D eigenvalue weighted by atomic mass is 16.2. The van der Waals surface area contributed by atoms with Crippen LogP contribution in [0, 0.1) is 0 Å². The van der Waals surface area contributed by atoms with Crippen LogP contribution in [0.3, 0.4) is 0 Å².